The SMILES string of the molecule is Cc1ccc(Sc2ccc(C)cc2)cc1.O. The Hall–Kier alpha value is -1.25. The molecule has 0 unspecified atom stereocenters. The largest absolute Gasteiger partial charge is 0.412 e. The molecule has 0 atom stereocenters. The lowest BCUT2D eigenvalue weighted by Gasteiger charge is -2.02. The monoisotopic (exact) mass is 232 g/mol. The summed E-state index contributed by atoms with van der Waals surface area (Å²) in [5.74, 6) is 0. The van der Waals surface area contributed by atoms with Crippen molar-refractivity contribution in [3.05, 3.63) is 59.7 Å². The molecular formula is C14H16OS. The number of hydrogen-bond acceptors (Lipinski definition) is 1. The van der Waals surface area contributed by atoms with Crippen LogP contribution in [0.3, 0.4) is 0 Å². The van der Waals surface area contributed by atoms with Gasteiger partial charge < -0.3 is 5.48 Å². The summed E-state index contributed by atoms with van der Waals surface area (Å²) >= 11 is 1.80. The Bertz CT molecular complexity index is 388. The minimum atomic E-state index is 0. The Morgan fingerprint density at radius 3 is 1.25 bits per heavy atom. The van der Waals surface area contributed by atoms with Gasteiger partial charge in [-0.15, -0.1) is 0 Å². The molecule has 2 aromatic carbocycles. The van der Waals surface area contributed by atoms with Gasteiger partial charge in [0.2, 0.25) is 0 Å². The van der Waals surface area contributed by atoms with Gasteiger partial charge in [0.15, 0.2) is 0 Å². The fraction of sp³-hybridized carbons (Fsp3) is 0.143. The molecule has 0 aliphatic heterocycles. The molecule has 0 aliphatic carbocycles. The van der Waals surface area contributed by atoms with Crippen LogP contribution < -0.4 is 0 Å². The van der Waals surface area contributed by atoms with Crippen LogP contribution in [0.1, 0.15) is 11.1 Å². The third-order valence-electron chi connectivity index (χ3n) is 2.28. The Kier molecular flexibility index (Phi) is 4.59. The van der Waals surface area contributed by atoms with Crippen LogP contribution in [0.4, 0.5) is 0 Å². The molecule has 2 aromatic rings. The molecule has 0 bridgehead atoms. The standard InChI is InChI=1S/C14H14S.H2O/c1-11-3-7-13(8-4-11)15-14-9-5-12(2)6-10-14;/h3-10H,1-2H3;1H2. The van der Waals surface area contributed by atoms with E-state index in [1.807, 2.05) is 0 Å². The zero-order valence-corrected chi connectivity index (χ0v) is 10.3. The van der Waals surface area contributed by atoms with Crippen molar-refractivity contribution in [1.29, 1.82) is 0 Å². The van der Waals surface area contributed by atoms with Crippen molar-refractivity contribution in [1.82, 2.24) is 0 Å². The van der Waals surface area contributed by atoms with Gasteiger partial charge in [-0.05, 0) is 38.1 Å². The second-order valence-corrected chi connectivity index (χ2v) is 4.88. The highest BCUT2D eigenvalue weighted by molar-refractivity contribution is 7.99. The molecule has 0 saturated heterocycles. The molecule has 0 saturated carbocycles. The van der Waals surface area contributed by atoms with E-state index in [-0.39, 0.29) is 5.48 Å². The van der Waals surface area contributed by atoms with Crippen molar-refractivity contribution in [3.8, 4) is 0 Å². The lowest BCUT2D eigenvalue weighted by atomic mass is 10.2. The third kappa shape index (κ3) is 3.40. The molecule has 16 heavy (non-hydrogen) atoms. The maximum atomic E-state index is 2.17. The predicted octanol–water partition coefficient (Wildman–Crippen LogP) is 3.63. The van der Waals surface area contributed by atoms with Crippen LogP contribution in [0.25, 0.3) is 0 Å². The van der Waals surface area contributed by atoms with Gasteiger partial charge in [-0.2, -0.15) is 0 Å². The molecule has 0 spiro atoms. The van der Waals surface area contributed by atoms with Crippen molar-refractivity contribution < 1.29 is 5.48 Å². The predicted molar refractivity (Wildman–Crippen MR) is 70.1 cm³/mol. The zero-order chi connectivity index (χ0) is 10.7. The van der Waals surface area contributed by atoms with Crippen molar-refractivity contribution in [3.63, 3.8) is 0 Å². The van der Waals surface area contributed by atoms with Crippen molar-refractivity contribution in [2.45, 2.75) is 23.6 Å². The second-order valence-electron chi connectivity index (χ2n) is 3.73. The lowest BCUT2D eigenvalue weighted by Crippen LogP contribution is -1.76. The maximum Gasteiger partial charge on any atom is 0.0122 e. The van der Waals surface area contributed by atoms with Gasteiger partial charge in [-0.3, -0.25) is 0 Å². The molecule has 0 aliphatic rings. The molecular weight excluding hydrogens is 216 g/mol. The maximum absolute atomic E-state index is 2.17. The summed E-state index contributed by atoms with van der Waals surface area (Å²) < 4.78 is 0. The van der Waals surface area contributed by atoms with Gasteiger partial charge in [0.25, 0.3) is 0 Å². The number of benzene rings is 2. The van der Waals surface area contributed by atoms with Gasteiger partial charge in [-0.25, -0.2) is 0 Å². The van der Waals surface area contributed by atoms with Gasteiger partial charge >= 0.3 is 0 Å². The summed E-state index contributed by atoms with van der Waals surface area (Å²) in [5, 5.41) is 0. The van der Waals surface area contributed by atoms with E-state index >= 15 is 0 Å². The Morgan fingerprint density at radius 2 is 0.938 bits per heavy atom. The van der Waals surface area contributed by atoms with Crippen LogP contribution in [0.5, 0.6) is 0 Å². The normalized spacial score (nSPS) is 9.62. The van der Waals surface area contributed by atoms with Crippen LogP contribution in [0.2, 0.25) is 0 Å². The van der Waals surface area contributed by atoms with E-state index in [4.69, 9.17) is 0 Å². The lowest BCUT2D eigenvalue weighted by molar-refractivity contribution is 0.824. The van der Waals surface area contributed by atoms with E-state index < -0.39 is 0 Å². The Morgan fingerprint density at radius 1 is 0.625 bits per heavy atom. The van der Waals surface area contributed by atoms with Crippen LogP contribution in [-0.2, 0) is 0 Å². The summed E-state index contributed by atoms with van der Waals surface area (Å²) in [4.78, 5) is 2.59. The van der Waals surface area contributed by atoms with Crippen LogP contribution >= 0.6 is 11.8 Å². The van der Waals surface area contributed by atoms with E-state index in [2.05, 4.69) is 62.4 Å². The number of hydrogen-bond donors (Lipinski definition) is 0. The van der Waals surface area contributed by atoms with Gasteiger partial charge in [0, 0.05) is 9.79 Å². The van der Waals surface area contributed by atoms with Gasteiger partial charge in [0.1, 0.15) is 0 Å². The number of aryl methyl sites for hydroxylation is 2. The van der Waals surface area contributed by atoms with Gasteiger partial charge in [0.05, 0.1) is 0 Å². The third-order valence-corrected chi connectivity index (χ3v) is 3.29. The molecule has 0 aromatic heterocycles. The first kappa shape index (κ1) is 12.8. The minimum Gasteiger partial charge on any atom is -0.412 e. The Labute approximate surface area is 101 Å². The summed E-state index contributed by atoms with van der Waals surface area (Å²) in [6, 6.07) is 17.3. The first-order chi connectivity index (χ1) is 7.24. The molecule has 0 fully saturated rings. The van der Waals surface area contributed by atoms with E-state index in [0.29, 0.717) is 0 Å². The highest BCUT2D eigenvalue weighted by atomic mass is 32.2. The first-order valence-electron chi connectivity index (χ1n) is 5.05. The fourth-order valence-corrected chi connectivity index (χ4v) is 2.17. The van der Waals surface area contributed by atoms with Crippen LogP contribution in [0, 0.1) is 13.8 Å². The summed E-state index contributed by atoms with van der Waals surface area (Å²) in [6.45, 7) is 4.22. The fourth-order valence-electron chi connectivity index (χ4n) is 1.35. The molecule has 0 heterocycles. The summed E-state index contributed by atoms with van der Waals surface area (Å²) in [7, 11) is 0. The Balaban J connectivity index is 0.00000128. The average Bonchev–Trinajstić information content (AvgIpc) is 2.25. The highest BCUT2D eigenvalue weighted by Crippen LogP contribution is 2.27. The minimum absolute atomic E-state index is 0. The zero-order valence-electron chi connectivity index (χ0n) is 9.53. The van der Waals surface area contributed by atoms with Crippen LogP contribution in [-0.4, -0.2) is 5.48 Å². The van der Waals surface area contributed by atoms with Crippen molar-refractivity contribution in [2.75, 3.05) is 0 Å². The molecule has 2 heteroatoms. The second kappa shape index (κ2) is 5.73. The van der Waals surface area contributed by atoms with Gasteiger partial charge in [-0.1, -0.05) is 47.2 Å². The van der Waals surface area contributed by atoms with E-state index in [1.165, 1.54) is 20.9 Å². The average molecular weight is 232 g/mol. The molecule has 0 amide bonds. The smallest absolute Gasteiger partial charge is 0.0122 e. The van der Waals surface area contributed by atoms with E-state index in [1.54, 1.807) is 11.8 Å². The number of rotatable bonds is 2. The van der Waals surface area contributed by atoms with Crippen molar-refractivity contribution in [2.24, 2.45) is 0 Å². The summed E-state index contributed by atoms with van der Waals surface area (Å²) in [5.41, 5.74) is 2.62. The molecule has 84 valence electrons. The quantitative estimate of drug-likeness (QED) is 0.778. The van der Waals surface area contributed by atoms with E-state index in [0.717, 1.165) is 0 Å². The van der Waals surface area contributed by atoms with Crippen LogP contribution in [0.15, 0.2) is 58.3 Å². The molecule has 1 nitrogen and oxygen atoms in total. The first-order valence-corrected chi connectivity index (χ1v) is 5.87. The summed E-state index contributed by atoms with van der Waals surface area (Å²) in [6.07, 6.45) is 0. The van der Waals surface area contributed by atoms with Crippen molar-refractivity contribution >= 4 is 11.8 Å². The molecule has 2 N–H and O–H groups in total. The molecule has 0 radical (unpaired) electrons. The highest BCUT2D eigenvalue weighted by Gasteiger charge is 1.96. The topological polar surface area (TPSA) is 31.5 Å². The molecule has 2 rings (SSSR count). The van der Waals surface area contributed by atoms with E-state index in [9.17, 15) is 0 Å².